The summed E-state index contributed by atoms with van der Waals surface area (Å²) in [6.07, 6.45) is 3.48. The summed E-state index contributed by atoms with van der Waals surface area (Å²) < 4.78 is 23.0. The fraction of sp³-hybridized carbons (Fsp3) is 0.435. The summed E-state index contributed by atoms with van der Waals surface area (Å²) in [7, 11) is -3.08. The molecule has 0 atom stereocenters. The van der Waals surface area contributed by atoms with Crippen molar-refractivity contribution in [2.75, 3.05) is 24.2 Å². The number of rotatable bonds is 7. The van der Waals surface area contributed by atoms with Gasteiger partial charge in [0.25, 0.3) is 0 Å². The van der Waals surface area contributed by atoms with Gasteiger partial charge in [-0.05, 0) is 36.0 Å². The molecule has 1 saturated heterocycles. The number of sulfone groups is 1. The minimum absolute atomic E-state index is 0.0128. The molecule has 2 N–H and O–H groups in total. The molecule has 168 valence electrons. The second-order valence-electron chi connectivity index (χ2n) is 8.05. The molecular formula is C23H27N5O2S2. The Hall–Kier alpha value is -2.59. The van der Waals surface area contributed by atoms with E-state index < -0.39 is 9.84 Å². The lowest BCUT2D eigenvalue weighted by atomic mass is 10.00. The highest BCUT2D eigenvalue weighted by atomic mass is 32.2. The van der Waals surface area contributed by atoms with E-state index >= 15 is 0 Å². The molecule has 1 aromatic carbocycles. The molecule has 0 spiro atoms. The van der Waals surface area contributed by atoms with E-state index in [0.29, 0.717) is 34.1 Å². The first-order valence-electron chi connectivity index (χ1n) is 10.5. The predicted octanol–water partition coefficient (Wildman–Crippen LogP) is 3.15. The molecule has 32 heavy (non-hydrogen) atoms. The van der Waals surface area contributed by atoms with Crippen molar-refractivity contribution in [1.29, 1.82) is 10.5 Å². The molecule has 1 aromatic heterocycles. The van der Waals surface area contributed by atoms with Gasteiger partial charge in [0.05, 0.1) is 16.9 Å². The zero-order chi connectivity index (χ0) is 23.3. The molecule has 2 aromatic rings. The second-order valence-corrected chi connectivity index (χ2v) is 11.2. The van der Waals surface area contributed by atoms with E-state index in [2.05, 4.69) is 17.0 Å². The average molecular weight is 470 g/mol. The Morgan fingerprint density at radius 1 is 1.12 bits per heavy atom. The van der Waals surface area contributed by atoms with Crippen LogP contribution in [0.3, 0.4) is 0 Å². The first-order valence-corrected chi connectivity index (χ1v) is 13.6. The van der Waals surface area contributed by atoms with Gasteiger partial charge < -0.3 is 10.6 Å². The third-order valence-corrected chi connectivity index (χ3v) is 7.40. The molecule has 9 heteroatoms. The van der Waals surface area contributed by atoms with E-state index in [4.69, 9.17) is 10.7 Å². The van der Waals surface area contributed by atoms with Crippen LogP contribution in [0.2, 0.25) is 0 Å². The molecule has 1 aliphatic rings. The zero-order valence-corrected chi connectivity index (χ0v) is 20.0. The highest BCUT2D eigenvalue weighted by Gasteiger charge is 2.25. The largest absolute Gasteiger partial charge is 0.355 e. The maximum absolute atomic E-state index is 11.5. The maximum atomic E-state index is 11.5. The van der Waals surface area contributed by atoms with Crippen molar-refractivity contribution < 1.29 is 8.42 Å². The van der Waals surface area contributed by atoms with Crippen molar-refractivity contribution in [3.05, 3.63) is 52.1 Å². The Morgan fingerprint density at radius 2 is 1.72 bits per heavy atom. The topological polar surface area (TPSA) is 124 Å². The Labute approximate surface area is 194 Å². The fourth-order valence-corrected chi connectivity index (χ4v) is 5.57. The van der Waals surface area contributed by atoms with Crippen molar-refractivity contribution in [3.63, 3.8) is 0 Å². The maximum Gasteiger partial charge on any atom is 0.151 e. The molecule has 7 nitrogen and oxygen atoms in total. The monoisotopic (exact) mass is 469 g/mol. The first-order chi connectivity index (χ1) is 15.3. The molecule has 1 fully saturated rings. The number of pyridine rings is 1. The highest BCUT2D eigenvalue weighted by Crippen LogP contribution is 2.34. The first kappa shape index (κ1) is 24.1. The van der Waals surface area contributed by atoms with Gasteiger partial charge in [-0.15, -0.1) is 11.8 Å². The summed E-state index contributed by atoms with van der Waals surface area (Å²) >= 11 is 1.46. The summed E-state index contributed by atoms with van der Waals surface area (Å²) in [5, 5.41) is 20.3. The molecule has 0 amide bonds. The van der Waals surface area contributed by atoms with Crippen LogP contribution in [0.5, 0.6) is 0 Å². The third-order valence-electron chi connectivity index (χ3n) is 5.49. The van der Waals surface area contributed by atoms with E-state index in [1.807, 2.05) is 31.2 Å². The van der Waals surface area contributed by atoms with Gasteiger partial charge in [0, 0.05) is 31.1 Å². The molecule has 1 aliphatic heterocycles. The lowest BCUT2D eigenvalue weighted by Gasteiger charge is -2.32. The van der Waals surface area contributed by atoms with Crippen molar-refractivity contribution >= 4 is 27.4 Å². The number of aromatic nitrogens is 1. The number of nitrogens with zero attached hydrogens (tertiary/aromatic N) is 4. The molecule has 0 bridgehead atoms. The Morgan fingerprint density at radius 3 is 2.25 bits per heavy atom. The number of nitriles is 2. The Bertz CT molecular complexity index is 1160. The van der Waals surface area contributed by atoms with E-state index in [0.717, 1.165) is 42.6 Å². The minimum Gasteiger partial charge on any atom is -0.355 e. The summed E-state index contributed by atoms with van der Waals surface area (Å²) in [5.74, 6) is 1.24. The Kier molecular flexibility index (Phi) is 7.78. The van der Waals surface area contributed by atoms with Crippen molar-refractivity contribution in [2.24, 2.45) is 5.73 Å². The zero-order valence-electron chi connectivity index (χ0n) is 18.3. The van der Waals surface area contributed by atoms with Crippen LogP contribution < -0.4 is 10.6 Å². The lowest BCUT2D eigenvalue weighted by molar-refractivity contribution is 0.497. The summed E-state index contributed by atoms with van der Waals surface area (Å²) in [4.78, 5) is 6.88. The van der Waals surface area contributed by atoms with Crippen LogP contribution in [0.25, 0.3) is 0 Å². The van der Waals surface area contributed by atoms with Gasteiger partial charge in [0.2, 0.25) is 0 Å². The summed E-state index contributed by atoms with van der Waals surface area (Å²) in [6, 6.07) is 12.1. The number of hydrogen-bond acceptors (Lipinski definition) is 8. The lowest BCUT2D eigenvalue weighted by Crippen LogP contribution is -2.40. The van der Waals surface area contributed by atoms with Crippen LogP contribution in [0.1, 0.15) is 47.6 Å². The van der Waals surface area contributed by atoms with Gasteiger partial charge in [-0.25, -0.2) is 13.4 Å². The van der Waals surface area contributed by atoms with Gasteiger partial charge in [-0.1, -0.05) is 31.2 Å². The van der Waals surface area contributed by atoms with Crippen LogP contribution in [-0.2, 0) is 27.8 Å². The number of nitrogens with two attached hydrogens (primary N) is 1. The van der Waals surface area contributed by atoms with Gasteiger partial charge in [-0.2, -0.15) is 10.5 Å². The standard InChI is InChI=1S/C23H27N5O2S2/c1-3-19-20(12-24)22(28-10-8-18(26)9-11-28)27-23(21(19)13-25)31-14-16-4-6-17(7-5-16)15-32(2,29)30/h4-7,18H,3,8-11,14-15,26H2,1-2H3. The van der Waals surface area contributed by atoms with Crippen molar-refractivity contribution in [1.82, 2.24) is 4.98 Å². The van der Waals surface area contributed by atoms with E-state index in [9.17, 15) is 18.9 Å². The summed E-state index contributed by atoms with van der Waals surface area (Å²) in [6.45, 7) is 3.43. The molecule has 3 rings (SSSR count). The number of piperidine rings is 1. The smallest absolute Gasteiger partial charge is 0.151 e. The fourth-order valence-electron chi connectivity index (χ4n) is 3.81. The van der Waals surface area contributed by atoms with Crippen LogP contribution >= 0.6 is 11.8 Å². The molecule has 0 radical (unpaired) electrons. The third kappa shape index (κ3) is 5.80. The molecule has 0 aliphatic carbocycles. The normalized spacial score (nSPS) is 14.7. The van der Waals surface area contributed by atoms with Crippen molar-refractivity contribution in [3.8, 4) is 12.1 Å². The average Bonchev–Trinajstić information content (AvgIpc) is 2.76. The van der Waals surface area contributed by atoms with E-state index in [1.165, 1.54) is 18.0 Å². The highest BCUT2D eigenvalue weighted by molar-refractivity contribution is 7.98. The Balaban J connectivity index is 1.89. The predicted molar refractivity (Wildman–Crippen MR) is 127 cm³/mol. The molecular weight excluding hydrogens is 442 g/mol. The number of anilines is 1. The van der Waals surface area contributed by atoms with Crippen LogP contribution in [0, 0.1) is 22.7 Å². The van der Waals surface area contributed by atoms with Crippen LogP contribution in [0.4, 0.5) is 5.82 Å². The van der Waals surface area contributed by atoms with Gasteiger partial charge in [0.1, 0.15) is 23.0 Å². The molecule has 0 unspecified atom stereocenters. The van der Waals surface area contributed by atoms with Crippen LogP contribution in [0.15, 0.2) is 29.3 Å². The van der Waals surface area contributed by atoms with E-state index in [1.54, 1.807) is 0 Å². The van der Waals surface area contributed by atoms with Crippen molar-refractivity contribution in [2.45, 2.75) is 48.8 Å². The van der Waals surface area contributed by atoms with Gasteiger partial charge in [0.15, 0.2) is 9.84 Å². The minimum atomic E-state index is -3.08. The molecule has 2 heterocycles. The van der Waals surface area contributed by atoms with Crippen LogP contribution in [-0.4, -0.2) is 38.8 Å². The number of thioether (sulfide) groups is 1. The summed E-state index contributed by atoms with van der Waals surface area (Å²) in [5.41, 5.74) is 9.47. The molecule has 0 saturated carbocycles. The van der Waals surface area contributed by atoms with Gasteiger partial charge in [-0.3, -0.25) is 0 Å². The number of benzene rings is 1. The number of hydrogen-bond donors (Lipinski definition) is 1. The quantitative estimate of drug-likeness (QED) is 0.613. The van der Waals surface area contributed by atoms with E-state index in [-0.39, 0.29) is 11.8 Å². The second kappa shape index (κ2) is 10.4. The SMILES string of the molecule is CCc1c(C#N)c(SCc2ccc(CS(C)(=O)=O)cc2)nc(N2CCC(N)CC2)c1C#N. The van der Waals surface area contributed by atoms with Gasteiger partial charge >= 0.3 is 0 Å².